The standard InChI is InChI=1S/C18H12BrCl2N3O4S2/c19-10-1-3-13(4-2-10)23-16(25)9-29-18-22-8-15(17(26)24-18)30(27,28)14-6-11(20)5-12(21)7-14/h1-8H,9H2,(H,23,25)(H,22,24,26). The van der Waals surface area contributed by atoms with Crippen molar-refractivity contribution < 1.29 is 13.2 Å². The number of H-pyrrole nitrogens is 1. The molecule has 0 unspecified atom stereocenters. The number of nitrogens with one attached hydrogen (secondary N) is 2. The summed E-state index contributed by atoms with van der Waals surface area (Å²) in [5.74, 6) is -0.343. The summed E-state index contributed by atoms with van der Waals surface area (Å²) in [7, 11) is -4.17. The third kappa shape index (κ3) is 5.64. The lowest BCUT2D eigenvalue weighted by Gasteiger charge is -2.07. The molecule has 3 aromatic rings. The highest BCUT2D eigenvalue weighted by Gasteiger charge is 2.23. The summed E-state index contributed by atoms with van der Waals surface area (Å²) >= 11 is 16.0. The van der Waals surface area contributed by atoms with Crippen molar-refractivity contribution in [2.75, 3.05) is 11.1 Å². The summed E-state index contributed by atoms with van der Waals surface area (Å²) < 4.78 is 26.3. The molecule has 0 aliphatic carbocycles. The number of hydrogen-bond acceptors (Lipinski definition) is 6. The van der Waals surface area contributed by atoms with Gasteiger partial charge in [0.2, 0.25) is 15.7 Å². The zero-order chi connectivity index (χ0) is 21.9. The van der Waals surface area contributed by atoms with Crippen LogP contribution in [0.3, 0.4) is 0 Å². The van der Waals surface area contributed by atoms with Crippen molar-refractivity contribution in [3.05, 3.63) is 73.5 Å². The smallest absolute Gasteiger partial charge is 0.270 e. The van der Waals surface area contributed by atoms with Gasteiger partial charge in [-0.3, -0.25) is 9.59 Å². The summed E-state index contributed by atoms with van der Waals surface area (Å²) in [5, 5.41) is 3.05. The highest BCUT2D eigenvalue weighted by atomic mass is 79.9. The second-order valence-electron chi connectivity index (χ2n) is 5.83. The maximum absolute atomic E-state index is 12.7. The molecule has 0 spiro atoms. The van der Waals surface area contributed by atoms with E-state index in [-0.39, 0.29) is 31.8 Å². The lowest BCUT2D eigenvalue weighted by atomic mass is 10.3. The summed E-state index contributed by atoms with van der Waals surface area (Å²) in [4.78, 5) is 29.9. The molecular weight excluding hydrogens is 537 g/mol. The van der Waals surface area contributed by atoms with Crippen LogP contribution in [0.15, 0.2) is 72.9 Å². The Kier molecular flexibility index (Phi) is 7.25. The molecular formula is C18H12BrCl2N3O4S2. The van der Waals surface area contributed by atoms with Crippen molar-refractivity contribution in [1.29, 1.82) is 0 Å². The molecule has 156 valence electrons. The molecule has 0 bridgehead atoms. The maximum atomic E-state index is 12.7. The molecule has 1 amide bonds. The predicted molar refractivity (Wildman–Crippen MR) is 120 cm³/mol. The lowest BCUT2D eigenvalue weighted by molar-refractivity contribution is -0.113. The van der Waals surface area contributed by atoms with Crippen molar-refractivity contribution in [2.45, 2.75) is 14.9 Å². The molecule has 3 rings (SSSR count). The van der Waals surface area contributed by atoms with Crippen LogP contribution in [0.5, 0.6) is 0 Å². The largest absolute Gasteiger partial charge is 0.325 e. The number of nitrogens with zero attached hydrogens (tertiary/aromatic N) is 1. The summed E-state index contributed by atoms with van der Waals surface area (Å²) in [6.07, 6.45) is 0.942. The highest BCUT2D eigenvalue weighted by Crippen LogP contribution is 2.26. The molecule has 0 aliphatic rings. The molecule has 0 aliphatic heterocycles. The lowest BCUT2D eigenvalue weighted by Crippen LogP contribution is -2.20. The van der Waals surface area contributed by atoms with E-state index in [2.05, 4.69) is 31.2 Å². The van der Waals surface area contributed by atoms with Crippen molar-refractivity contribution in [1.82, 2.24) is 9.97 Å². The first-order valence-electron chi connectivity index (χ1n) is 8.14. The van der Waals surface area contributed by atoms with E-state index in [1.807, 2.05) is 0 Å². The highest BCUT2D eigenvalue weighted by molar-refractivity contribution is 9.10. The monoisotopic (exact) mass is 547 g/mol. The van der Waals surface area contributed by atoms with E-state index in [1.165, 1.54) is 18.2 Å². The zero-order valence-corrected chi connectivity index (χ0v) is 19.6. The molecule has 0 atom stereocenters. The van der Waals surface area contributed by atoms with Gasteiger partial charge in [0.15, 0.2) is 10.1 Å². The molecule has 1 aromatic heterocycles. The summed E-state index contributed by atoms with van der Waals surface area (Å²) in [6, 6.07) is 10.8. The number of hydrogen-bond donors (Lipinski definition) is 2. The van der Waals surface area contributed by atoms with Gasteiger partial charge in [0.05, 0.1) is 16.8 Å². The van der Waals surface area contributed by atoms with Gasteiger partial charge in [-0.1, -0.05) is 50.9 Å². The summed E-state index contributed by atoms with van der Waals surface area (Å²) in [6.45, 7) is 0. The van der Waals surface area contributed by atoms with Gasteiger partial charge in [0, 0.05) is 20.2 Å². The van der Waals surface area contributed by atoms with Crippen molar-refractivity contribution in [3.8, 4) is 0 Å². The fourth-order valence-electron chi connectivity index (χ4n) is 2.31. The van der Waals surface area contributed by atoms with Crippen LogP contribution in [0.4, 0.5) is 5.69 Å². The SMILES string of the molecule is O=C(CSc1ncc(S(=O)(=O)c2cc(Cl)cc(Cl)c2)c(=O)[nH]1)Nc1ccc(Br)cc1. The predicted octanol–water partition coefficient (Wildman–Crippen LogP) is 4.40. The number of anilines is 1. The van der Waals surface area contributed by atoms with Crippen molar-refractivity contribution >= 4 is 72.3 Å². The Morgan fingerprint density at radius 3 is 2.37 bits per heavy atom. The Morgan fingerprint density at radius 2 is 1.77 bits per heavy atom. The van der Waals surface area contributed by atoms with Crippen LogP contribution in [-0.4, -0.2) is 30.0 Å². The Hall–Kier alpha value is -1.85. The van der Waals surface area contributed by atoms with Crippen molar-refractivity contribution in [2.24, 2.45) is 0 Å². The third-order valence-corrected chi connectivity index (χ3v) is 7.23. The van der Waals surface area contributed by atoms with Crippen LogP contribution < -0.4 is 10.9 Å². The van der Waals surface area contributed by atoms with Crippen LogP contribution in [0.1, 0.15) is 0 Å². The number of carbonyl (C=O) groups is 1. The van der Waals surface area contributed by atoms with E-state index in [0.717, 1.165) is 22.4 Å². The van der Waals surface area contributed by atoms with Gasteiger partial charge in [0.1, 0.15) is 0 Å². The van der Waals surface area contributed by atoms with Crippen molar-refractivity contribution in [3.63, 3.8) is 0 Å². The van der Waals surface area contributed by atoms with E-state index in [0.29, 0.717) is 5.69 Å². The Morgan fingerprint density at radius 1 is 1.13 bits per heavy atom. The number of carbonyl (C=O) groups excluding carboxylic acids is 1. The van der Waals surface area contributed by atoms with Crippen LogP contribution >= 0.6 is 50.9 Å². The average molecular weight is 549 g/mol. The molecule has 0 fully saturated rings. The van der Waals surface area contributed by atoms with Crippen LogP contribution in [-0.2, 0) is 14.6 Å². The first-order chi connectivity index (χ1) is 14.1. The van der Waals surface area contributed by atoms with Gasteiger partial charge >= 0.3 is 0 Å². The van der Waals surface area contributed by atoms with Gasteiger partial charge < -0.3 is 10.3 Å². The number of amides is 1. The Labute approximate surface area is 194 Å². The number of sulfone groups is 1. The minimum atomic E-state index is -4.17. The Bertz CT molecular complexity index is 1240. The molecule has 0 saturated heterocycles. The van der Waals surface area contributed by atoms with Gasteiger partial charge in [-0.05, 0) is 42.5 Å². The minimum absolute atomic E-state index is 0.0327. The number of benzene rings is 2. The molecule has 12 heteroatoms. The van der Waals surface area contributed by atoms with E-state index in [4.69, 9.17) is 23.2 Å². The number of rotatable bonds is 6. The molecule has 2 aromatic carbocycles. The van der Waals surface area contributed by atoms with E-state index < -0.39 is 20.3 Å². The second-order valence-corrected chi connectivity index (χ2v) is 10.5. The molecule has 0 radical (unpaired) electrons. The number of aromatic amines is 1. The molecule has 7 nitrogen and oxygen atoms in total. The normalized spacial score (nSPS) is 11.3. The fraction of sp³-hybridized carbons (Fsp3) is 0.0556. The molecule has 30 heavy (non-hydrogen) atoms. The second kappa shape index (κ2) is 9.52. The number of thioether (sulfide) groups is 1. The topological polar surface area (TPSA) is 109 Å². The van der Waals surface area contributed by atoms with E-state index in [1.54, 1.807) is 24.3 Å². The fourth-order valence-corrected chi connectivity index (χ4v) is 5.16. The van der Waals surface area contributed by atoms with Gasteiger partial charge in [0.25, 0.3) is 5.56 Å². The first-order valence-corrected chi connectivity index (χ1v) is 12.2. The average Bonchev–Trinajstić information content (AvgIpc) is 2.67. The van der Waals surface area contributed by atoms with E-state index >= 15 is 0 Å². The van der Waals surface area contributed by atoms with Crippen LogP contribution in [0.25, 0.3) is 0 Å². The van der Waals surface area contributed by atoms with Crippen LogP contribution in [0.2, 0.25) is 10.0 Å². The van der Waals surface area contributed by atoms with Gasteiger partial charge in [-0.25, -0.2) is 13.4 Å². The van der Waals surface area contributed by atoms with Gasteiger partial charge in [-0.15, -0.1) is 0 Å². The molecule has 1 heterocycles. The molecule has 2 N–H and O–H groups in total. The maximum Gasteiger partial charge on any atom is 0.270 e. The number of halogens is 3. The number of aromatic nitrogens is 2. The summed E-state index contributed by atoms with van der Waals surface area (Å²) in [5.41, 5.74) is -0.246. The zero-order valence-electron chi connectivity index (χ0n) is 14.9. The minimum Gasteiger partial charge on any atom is -0.325 e. The molecule has 0 saturated carbocycles. The quantitative estimate of drug-likeness (QED) is 0.349. The van der Waals surface area contributed by atoms with Crippen LogP contribution in [0, 0.1) is 0 Å². The van der Waals surface area contributed by atoms with Gasteiger partial charge in [-0.2, -0.15) is 0 Å². The third-order valence-electron chi connectivity index (χ3n) is 3.65. The van der Waals surface area contributed by atoms with E-state index in [9.17, 15) is 18.0 Å². The first kappa shape index (κ1) is 22.8. The Balaban J connectivity index is 1.72.